The summed E-state index contributed by atoms with van der Waals surface area (Å²) in [5, 5.41) is 2.74. The number of rotatable bonds is 7. The molecule has 1 aliphatic rings. The molecule has 9 heteroatoms. The van der Waals surface area contributed by atoms with Gasteiger partial charge in [0.25, 0.3) is 0 Å². The van der Waals surface area contributed by atoms with Crippen LogP contribution in [0.1, 0.15) is 30.4 Å². The van der Waals surface area contributed by atoms with Gasteiger partial charge in [-0.3, -0.25) is 4.79 Å². The number of sulfonamides is 1. The van der Waals surface area contributed by atoms with Crippen LogP contribution in [0.2, 0.25) is 0 Å². The fourth-order valence-electron chi connectivity index (χ4n) is 3.38. The van der Waals surface area contributed by atoms with Gasteiger partial charge in [0.2, 0.25) is 15.9 Å². The summed E-state index contributed by atoms with van der Waals surface area (Å²) in [6.45, 7) is -0.176. The van der Waals surface area contributed by atoms with Crippen LogP contribution in [0.15, 0.2) is 59.5 Å². The number of hydrogen-bond acceptors (Lipinski definition) is 3. The van der Waals surface area contributed by atoms with Crippen LogP contribution in [0.25, 0.3) is 0 Å². The highest BCUT2D eigenvalue weighted by Crippen LogP contribution is 2.43. The molecule has 0 bridgehead atoms. The van der Waals surface area contributed by atoms with Crippen LogP contribution in [-0.4, -0.2) is 27.4 Å². The van der Waals surface area contributed by atoms with Gasteiger partial charge in [0, 0.05) is 12.0 Å². The van der Waals surface area contributed by atoms with E-state index in [-0.39, 0.29) is 5.41 Å². The normalized spacial score (nSPS) is 16.1. The smallest absolute Gasteiger partial charge is 0.354 e. The van der Waals surface area contributed by atoms with E-state index in [2.05, 4.69) is 10.0 Å². The van der Waals surface area contributed by atoms with Crippen LogP contribution in [0.5, 0.6) is 0 Å². The van der Waals surface area contributed by atoms with Crippen molar-refractivity contribution in [2.75, 3.05) is 13.1 Å². The number of carbonyl (C=O) groups is 1. The van der Waals surface area contributed by atoms with E-state index in [9.17, 15) is 26.4 Å². The SMILES string of the molecule is O=C(CNS(=O)(=O)c1cccc(C(F)(F)F)c1)NCC1(c2ccccc2)CCC1. The summed E-state index contributed by atoms with van der Waals surface area (Å²) in [5.74, 6) is -0.539. The summed E-state index contributed by atoms with van der Waals surface area (Å²) >= 11 is 0. The van der Waals surface area contributed by atoms with Crippen LogP contribution in [0, 0.1) is 0 Å². The largest absolute Gasteiger partial charge is 0.416 e. The molecule has 0 heterocycles. The third kappa shape index (κ3) is 4.97. The number of alkyl halides is 3. The van der Waals surface area contributed by atoms with E-state index >= 15 is 0 Å². The molecule has 0 aliphatic heterocycles. The van der Waals surface area contributed by atoms with E-state index in [1.165, 1.54) is 0 Å². The van der Waals surface area contributed by atoms with Crippen LogP contribution >= 0.6 is 0 Å². The van der Waals surface area contributed by atoms with Crippen molar-refractivity contribution < 1.29 is 26.4 Å². The first-order valence-electron chi connectivity index (χ1n) is 9.12. The van der Waals surface area contributed by atoms with Gasteiger partial charge >= 0.3 is 6.18 Å². The third-order valence-electron chi connectivity index (χ3n) is 5.22. The number of carbonyl (C=O) groups excluding carboxylic acids is 1. The quantitative estimate of drug-likeness (QED) is 0.714. The van der Waals surface area contributed by atoms with Crippen LogP contribution in [-0.2, 0) is 26.4 Å². The third-order valence-corrected chi connectivity index (χ3v) is 6.61. The van der Waals surface area contributed by atoms with Gasteiger partial charge in [0.05, 0.1) is 17.0 Å². The predicted octanol–water partition coefficient (Wildman–Crippen LogP) is 3.22. The summed E-state index contributed by atoms with van der Waals surface area (Å²) in [6, 6.07) is 13.2. The Bertz CT molecular complexity index is 972. The fourth-order valence-corrected chi connectivity index (χ4v) is 4.40. The Kier molecular flexibility index (Phi) is 6.00. The fraction of sp³-hybridized carbons (Fsp3) is 0.350. The van der Waals surface area contributed by atoms with E-state index in [0.29, 0.717) is 12.6 Å². The standard InChI is InChI=1S/C20H21F3N2O3S/c21-20(22,23)16-8-4-9-17(12-16)29(27,28)25-13-18(26)24-14-19(10-5-11-19)15-6-2-1-3-7-15/h1-4,6-9,12,25H,5,10-11,13-14H2,(H,24,26). The number of hydrogen-bond donors (Lipinski definition) is 2. The number of amides is 1. The second-order valence-electron chi connectivity index (χ2n) is 7.13. The van der Waals surface area contributed by atoms with Gasteiger partial charge in [0.15, 0.2) is 0 Å². The van der Waals surface area contributed by atoms with Crippen molar-refractivity contribution >= 4 is 15.9 Å². The molecule has 1 fully saturated rings. The number of halogens is 3. The summed E-state index contributed by atoms with van der Waals surface area (Å²) in [4.78, 5) is 11.6. The summed E-state index contributed by atoms with van der Waals surface area (Å²) < 4.78 is 64.9. The molecule has 1 amide bonds. The molecule has 2 aromatic carbocycles. The molecule has 0 radical (unpaired) electrons. The Morgan fingerprint density at radius 2 is 1.72 bits per heavy atom. The van der Waals surface area contributed by atoms with Crippen molar-refractivity contribution in [3.05, 3.63) is 65.7 Å². The predicted molar refractivity (Wildman–Crippen MR) is 102 cm³/mol. The van der Waals surface area contributed by atoms with Gasteiger partial charge in [-0.15, -0.1) is 0 Å². The van der Waals surface area contributed by atoms with E-state index in [1.54, 1.807) is 0 Å². The Labute approximate surface area is 167 Å². The van der Waals surface area contributed by atoms with Crippen molar-refractivity contribution in [2.24, 2.45) is 0 Å². The molecule has 0 aromatic heterocycles. The molecule has 2 N–H and O–H groups in total. The van der Waals surface area contributed by atoms with Gasteiger partial charge in [-0.2, -0.15) is 13.2 Å². The molecule has 1 saturated carbocycles. The zero-order valence-corrected chi connectivity index (χ0v) is 16.3. The molecule has 0 unspecified atom stereocenters. The molecule has 1 aliphatic carbocycles. The maximum absolute atomic E-state index is 12.8. The zero-order chi connectivity index (χ0) is 21.1. The summed E-state index contributed by atoms with van der Waals surface area (Å²) in [6.07, 6.45) is -1.76. The first kappa shape index (κ1) is 21.3. The second kappa shape index (κ2) is 8.16. The molecule has 0 atom stereocenters. The van der Waals surface area contributed by atoms with E-state index in [4.69, 9.17) is 0 Å². The van der Waals surface area contributed by atoms with E-state index in [0.717, 1.165) is 43.0 Å². The Balaban J connectivity index is 1.59. The minimum Gasteiger partial charge on any atom is -0.354 e. The molecule has 5 nitrogen and oxygen atoms in total. The molecule has 0 saturated heterocycles. The highest BCUT2D eigenvalue weighted by Gasteiger charge is 2.38. The van der Waals surface area contributed by atoms with Crippen molar-refractivity contribution in [2.45, 2.75) is 35.7 Å². The lowest BCUT2D eigenvalue weighted by Crippen LogP contribution is -2.47. The minimum atomic E-state index is -4.66. The number of nitrogens with one attached hydrogen (secondary N) is 2. The monoisotopic (exact) mass is 426 g/mol. The van der Waals surface area contributed by atoms with Gasteiger partial charge in [-0.05, 0) is 36.6 Å². The number of benzene rings is 2. The van der Waals surface area contributed by atoms with Gasteiger partial charge in [-0.25, -0.2) is 13.1 Å². The highest BCUT2D eigenvalue weighted by atomic mass is 32.2. The Morgan fingerprint density at radius 3 is 2.31 bits per heavy atom. The van der Waals surface area contributed by atoms with Gasteiger partial charge < -0.3 is 5.32 Å². The maximum atomic E-state index is 12.8. The van der Waals surface area contributed by atoms with Crippen LogP contribution < -0.4 is 10.0 Å². The second-order valence-corrected chi connectivity index (χ2v) is 8.89. The average molecular weight is 426 g/mol. The minimum absolute atomic E-state index is 0.156. The Hall–Kier alpha value is -2.39. The first-order valence-corrected chi connectivity index (χ1v) is 10.6. The van der Waals surface area contributed by atoms with Crippen molar-refractivity contribution in [3.8, 4) is 0 Å². The summed E-state index contributed by atoms with van der Waals surface area (Å²) in [5.41, 5.74) is -0.104. The van der Waals surface area contributed by atoms with Gasteiger partial charge in [0.1, 0.15) is 0 Å². The summed E-state index contributed by atoms with van der Waals surface area (Å²) in [7, 11) is -4.25. The van der Waals surface area contributed by atoms with Crippen molar-refractivity contribution in [3.63, 3.8) is 0 Å². The van der Waals surface area contributed by atoms with Crippen molar-refractivity contribution in [1.29, 1.82) is 0 Å². The Morgan fingerprint density at radius 1 is 1.03 bits per heavy atom. The molecule has 156 valence electrons. The topological polar surface area (TPSA) is 75.3 Å². The van der Waals surface area contributed by atoms with E-state index in [1.807, 2.05) is 30.3 Å². The van der Waals surface area contributed by atoms with Crippen LogP contribution in [0.3, 0.4) is 0 Å². The maximum Gasteiger partial charge on any atom is 0.416 e. The lowest BCUT2D eigenvalue weighted by atomic mass is 9.64. The first-order chi connectivity index (χ1) is 13.6. The van der Waals surface area contributed by atoms with Gasteiger partial charge in [-0.1, -0.05) is 42.8 Å². The average Bonchev–Trinajstić information content (AvgIpc) is 2.66. The molecule has 2 aromatic rings. The molecular formula is C20H21F3N2O3S. The molecular weight excluding hydrogens is 405 g/mol. The molecule has 3 rings (SSSR count). The zero-order valence-electron chi connectivity index (χ0n) is 15.5. The molecule has 29 heavy (non-hydrogen) atoms. The highest BCUT2D eigenvalue weighted by molar-refractivity contribution is 7.89. The lowest BCUT2D eigenvalue weighted by molar-refractivity contribution is -0.137. The van der Waals surface area contributed by atoms with Crippen LogP contribution in [0.4, 0.5) is 13.2 Å². The molecule has 0 spiro atoms. The van der Waals surface area contributed by atoms with Crippen molar-refractivity contribution in [1.82, 2.24) is 10.0 Å². The van der Waals surface area contributed by atoms with E-state index < -0.39 is 39.1 Å². The lowest BCUT2D eigenvalue weighted by Gasteiger charge is -2.42.